The minimum absolute atomic E-state index is 0.141. The van der Waals surface area contributed by atoms with Gasteiger partial charge in [0, 0.05) is 5.02 Å². The molecular formula is C24H18Cl3N3O5. The number of rotatable bonds is 7. The van der Waals surface area contributed by atoms with E-state index in [4.69, 9.17) is 44.3 Å². The second-order valence-electron chi connectivity index (χ2n) is 6.79. The number of nitrogens with zero attached hydrogens (tertiary/aromatic N) is 1. The van der Waals surface area contributed by atoms with Crippen LogP contribution in [0.4, 0.5) is 5.69 Å². The molecule has 0 heterocycles. The number of amides is 2. The van der Waals surface area contributed by atoms with Gasteiger partial charge in [0.1, 0.15) is 0 Å². The maximum atomic E-state index is 12.5. The fraction of sp³-hybridized carbons (Fsp3) is 0.0833. The molecule has 0 saturated carbocycles. The van der Waals surface area contributed by atoms with Crippen molar-refractivity contribution in [3.05, 3.63) is 86.9 Å². The van der Waals surface area contributed by atoms with Gasteiger partial charge >= 0.3 is 17.8 Å². The molecule has 8 nitrogen and oxygen atoms in total. The molecule has 0 atom stereocenters. The molecule has 3 aromatic rings. The summed E-state index contributed by atoms with van der Waals surface area (Å²) in [6, 6.07) is 15.5. The van der Waals surface area contributed by atoms with Gasteiger partial charge in [-0.15, -0.1) is 0 Å². The standard InChI is InChI=1S/C24H18Cl3N3O5/c1-2-34-21-11-14(7-10-20(21)35-24(33)16-9-8-15(25)12-18(16)27)13-28-30-23(32)22(31)29-19-6-4-3-5-17(19)26/h3-13H,2H2,1H3,(H,29,31)(H,30,32). The van der Waals surface area contributed by atoms with Gasteiger partial charge < -0.3 is 14.8 Å². The third kappa shape index (κ3) is 7.19. The lowest BCUT2D eigenvalue weighted by atomic mass is 10.2. The summed E-state index contributed by atoms with van der Waals surface area (Å²) >= 11 is 17.9. The lowest BCUT2D eigenvalue weighted by Gasteiger charge is -2.12. The molecule has 3 aromatic carbocycles. The summed E-state index contributed by atoms with van der Waals surface area (Å²) in [7, 11) is 0. The van der Waals surface area contributed by atoms with Crippen molar-refractivity contribution in [2.75, 3.05) is 11.9 Å². The number of hydrogen-bond donors (Lipinski definition) is 2. The molecule has 0 spiro atoms. The Morgan fingerprint density at radius 2 is 1.69 bits per heavy atom. The predicted octanol–water partition coefficient (Wildman–Crippen LogP) is 5.35. The Labute approximate surface area is 215 Å². The van der Waals surface area contributed by atoms with Gasteiger partial charge in [-0.3, -0.25) is 9.59 Å². The van der Waals surface area contributed by atoms with Crippen molar-refractivity contribution in [2.24, 2.45) is 5.10 Å². The second-order valence-corrected chi connectivity index (χ2v) is 8.04. The highest BCUT2D eigenvalue weighted by Crippen LogP contribution is 2.30. The summed E-state index contributed by atoms with van der Waals surface area (Å²) in [4.78, 5) is 36.5. The summed E-state index contributed by atoms with van der Waals surface area (Å²) in [6.45, 7) is 2.06. The van der Waals surface area contributed by atoms with E-state index in [1.807, 2.05) is 0 Å². The van der Waals surface area contributed by atoms with Crippen LogP contribution in [0.25, 0.3) is 0 Å². The fourth-order valence-electron chi connectivity index (χ4n) is 2.73. The molecule has 2 N–H and O–H groups in total. The van der Waals surface area contributed by atoms with E-state index in [1.54, 1.807) is 43.3 Å². The lowest BCUT2D eigenvalue weighted by molar-refractivity contribution is -0.136. The predicted molar refractivity (Wildman–Crippen MR) is 135 cm³/mol. The number of nitrogens with one attached hydrogen (secondary N) is 2. The Morgan fingerprint density at radius 1 is 0.914 bits per heavy atom. The average molecular weight is 535 g/mol. The molecule has 35 heavy (non-hydrogen) atoms. The molecule has 0 aliphatic rings. The quantitative estimate of drug-likeness (QED) is 0.140. The zero-order chi connectivity index (χ0) is 25.4. The minimum atomic E-state index is -0.989. The normalized spacial score (nSPS) is 10.6. The van der Waals surface area contributed by atoms with Crippen LogP contribution in [-0.4, -0.2) is 30.6 Å². The SMILES string of the molecule is CCOc1cc(C=NNC(=O)C(=O)Nc2ccccc2Cl)ccc1OC(=O)c1ccc(Cl)cc1Cl. The zero-order valence-corrected chi connectivity index (χ0v) is 20.4. The van der Waals surface area contributed by atoms with Crippen molar-refractivity contribution in [3.63, 3.8) is 0 Å². The summed E-state index contributed by atoms with van der Waals surface area (Å²) in [6.07, 6.45) is 1.30. The van der Waals surface area contributed by atoms with Crippen molar-refractivity contribution in [1.29, 1.82) is 0 Å². The highest BCUT2D eigenvalue weighted by molar-refractivity contribution is 6.41. The van der Waals surface area contributed by atoms with Crippen molar-refractivity contribution in [1.82, 2.24) is 5.43 Å². The number of hydrogen-bond acceptors (Lipinski definition) is 6. The Morgan fingerprint density at radius 3 is 2.40 bits per heavy atom. The molecule has 11 heteroatoms. The summed E-state index contributed by atoms with van der Waals surface area (Å²) < 4.78 is 11.0. The van der Waals surface area contributed by atoms with E-state index in [0.717, 1.165) is 0 Å². The van der Waals surface area contributed by atoms with Gasteiger partial charge in [0.2, 0.25) is 0 Å². The molecular weight excluding hydrogens is 517 g/mol. The number of carbonyl (C=O) groups excluding carboxylic acids is 3. The van der Waals surface area contributed by atoms with E-state index < -0.39 is 17.8 Å². The topological polar surface area (TPSA) is 106 Å². The average Bonchev–Trinajstić information content (AvgIpc) is 2.82. The molecule has 0 aromatic heterocycles. The van der Waals surface area contributed by atoms with Crippen molar-refractivity contribution >= 4 is 64.5 Å². The summed E-state index contributed by atoms with van der Waals surface area (Å²) in [5, 5.41) is 6.99. The van der Waals surface area contributed by atoms with Crippen LogP contribution in [0, 0.1) is 0 Å². The Balaban J connectivity index is 1.66. The number of ether oxygens (including phenoxy) is 2. The van der Waals surface area contributed by atoms with Crippen LogP contribution in [0.3, 0.4) is 0 Å². The van der Waals surface area contributed by atoms with Gasteiger partial charge in [-0.2, -0.15) is 5.10 Å². The van der Waals surface area contributed by atoms with E-state index in [-0.39, 0.29) is 22.1 Å². The minimum Gasteiger partial charge on any atom is -0.490 e. The molecule has 0 aliphatic carbocycles. The van der Waals surface area contributed by atoms with Crippen molar-refractivity contribution < 1.29 is 23.9 Å². The van der Waals surface area contributed by atoms with E-state index in [2.05, 4.69) is 15.8 Å². The first-order valence-corrected chi connectivity index (χ1v) is 11.2. The number of esters is 1. The zero-order valence-electron chi connectivity index (χ0n) is 18.2. The van der Waals surface area contributed by atoms with Crippen LogP contribution in [0.15, 0.2) is 65.8 Å². The molecule has 0 unspecified atom stereocenters. The number of benzene rings is 3. The lowest BCUT2D eigenvalue weighted by Crippen LogP contribution is -2.32. The summed E-state index contributed by atoms with van der Waals surface area (Å²) in [5.41, 5.74) is 3.07. The first-order chi connectivity index (χ1) is 16.8. The fourth-order valence-corrected chi connectivity index (χ4v) is 3.39. The number of carbonyl (C=O) groups is 3. The van der Waals surface area contributed by atoms with Crippen LogP contribution in [0.5, 0.6) is 11.5 Å². The molecule has 0 fully saturated rings. The van der Waals surface area contributed by atoms with E-state index in [9.17, 15) is 14.4 Å². The molecule has 180 valence electrons. The second kappa shape index (κ2) is 12.2. The van der Waals surface area contributed by atoms with Crippen LogP contribution in [-0.2, 0) is 9.59 Å². The van der Waals surface area contributed by atoms with Gasteiger partial charge in [-0.25, -0.2) is 10.2 Å². The van der Waals surface area contributed by atoms with Crippen LogP contribution in [0.2, 0.25) is 15.1 Å². The van der Waals surface area contributed by atoms with E-state index in [1.165, 1.54) is 30.5 Å². The Bertz CT molecular complexity index is 1300. The van der Waals surface area contributed by atoms with Gasteiger partial charge in [0.25, 0.3) is 0 Å². The highest BCUT2D eigenvalue weighted by atomic mass is 35.5. The Hall–Kier alpha value is -3.59. The first kappa shape index (κ1) is 26.0. The third-order valence-corrected chi connectivity index (χ3v) is 5.21. The molecule has 0 aliphatic heterocycles. The van der Waals surface area contributed by atoms with Crippen LogP contribution in [0.1, 0.15) is 22.8 Å². The van der Waals surface area contributed by atoms with Gasteiger partial charge in [-0.05, 0) is 61.0 Å². The van der Waals surface area contributed by atoms with Crippen LogP contribution < -0.4 is 20.2 Å². The molecule has 0 saturated heterocycles. The highest BCUT2D eigenvalue weighted by Gasteiger charge is 2.17. The molecule has 3 rings (SSSR count). The number of hydrazone groups is 1. The maximum Gasteiger partial charge on any atom is 0.345 e. The molecule has 0 radical (unpaired) electrons. The van der Waals surface area contributed by atoms with E-state index in [0.29, 0.717) is 27.9 Å². The number of para-hydroxylation sites is 1. The van der Waals surface area contributed by atoms with Crippen molar-refractivity contribution in [2.45, 2.75) is 6.92 Å². The molecule has 2 amide bonds. The Kier molecular flexibility index (Phi) is 9.08. The van der Waals surface area contributed by atoms with E-state index >= 15 is 0 Å². The number of anilines is 1. The largest absolute Gasteiger partial charge is 0.490 e. The van der Waals surface area contributed by atoms with Gasteiger partial charge in [0.05, 0.1) is 34.1 Å². The third-order valence-electron chi connectivity index (χ3n) is 4.33. The van der Waals surface area contributed by atoms with Crippen molar-refractivity contribution in [3.8, 4) is 11.5 Å². The van der Waals surface area contributed by atoms with Crippen LogP contribution >= 0.6 is 34.8 Å². The smallest absolute Gasteiger partial charge is 0.345 e. The monoisotopic (exact) mass is 533 g/mol. The molecule has 0 bridgehead atoms. The maximum absolute atomic E-state index is 12.5. The first-order valence-electron chi connectivity index (χ1n) is 10.1. The number of halogens is 3. The van der Waals surface area contributed by atoms with Gasteiger partial charge in [-0.1, -0.05) is 46.9 Å². The van der Waals surface area contributed by atoms with Gasteiger partial charge in [0.15, 0.2) is 11.5 Å². The summed E-state index contributed by atoms with van der Waals surface area (Å²) in [5.74, 6) is -2.20.